The first-order valence-corrected chi connectivity index (χ1v) is 6.72. The van der Waals surface area contributed by atoms with Gasteiger partial charge in [0.15, 0.2) is 5.82 Å². The molecule has 4 nitrogen and oxygen atoms in total. The smallest absolute Gasteiger partial charge is 0.259 e. The predicted molar refractivity (Wildman–Crippen MR) is 81.9 cm³/mol. The van der Waals surface area contributed by atoms with Crippen molar-refractivity contribution in [3.8, 4) is 11.5 Å². The van der Waals surface area contributed by atoms with Gasteiger partial charge in [0.2, 0.25) is 0 Å². The summed E-state index contributed by atoms with van der Waals surface area (Å²) in [6.45, 7) is 2.06. The first kappa shape index (κ1) is 16.4. The standard InChI is InChI=1S/C12H13BrClN3O.ClH/c1-7(15-2)5-11-16-12(18-17-11)9-4-3-8(13)6-10(9)14;/h3-4,6-7,15H,5H2,1-2H3;1H. The van der Waals surface area contributed by atoms with Crippen molar-refractivity contribution in [2.75, 3.05) is 7.05 Å². The van der Waals surface area contributed by atoms with Crippen LogP contribution in [0.2, 0.25) is 5.02 Å². The van der Waals surface area contributed by atoms with Crippen molar-refractivity contribution in [1.82, 2.24) is 15.5 Å². The fraction of sp³-hybridized carbons (Fsp3) is 0.333. The Hall–Kier alpha value is -0.620. The summed E-state index contributed by atoms with van der Waals surface area (Å²) in [7, 11) is 1.90. The van der Waals surface area contributed by atoms with Crippen molar-refractivity contribution in [2.24, 2.45) is 0 Å². The minimum atomic E-state index is 0. The van der Waals surface area contributed by atoms with Crippen molar-refractivity contribution in [2.45, 2.75) is 19.4 Å². The lowest BCUT2D eigenvalue weighted by Gasteiger charge is -2.04. The number of halogens is 3. The highest BCUT2D eigenvalue weighted by Gasteiger charge is 2.13. The third-order valence-electron chi connectivity index (χ3n) is 2.61. The van der Waals surface area contributed by atoms with Crippen LogP contribution in [0.15, 0.2) is 27.2 Å². The Labute approximate surface area is 131 Å². The number of nitrogens with one attached hydrogen (secondary N) is 1. The van der Waals surface area contributed by atoms with Crippen LogP contribution < -0.4 is 5.32 Å². The molecule has 0 spiro atoms. The Bertz CT molecular complexity index is 548. The van der Waals surface area contributed by atoms with E-state index in [4.69, 9.17) is 16.1 Å². The lowest BCUT2D eigenvalue weighted by atomic mass is 10.2. The number of likely N-dealkylation sites (N-methyl/N-ethyl adjacent to an activating group) is 1. The summed E-state index contributed by atoms with van der Waals surface area (Å²) in [5.74, 6) is 1.12. The van der Waals surface area contributed by atoms with Crippen LogP contribution in [0.1, 0.15) is 12.7 Å². The number of rotatable bonds is 4. The quantitative estimate of drug-likeness (QED) is 0.895. The highest BCUT2D eigenvalue weighted by Crippen LogP contribution is 2.29. The van der Waals surface area contributed by atoms with Crippen LogP contribution in [0.3, 0.4) is 0 Å². The maximum Gasteiger partial charge on any atom is 0.259 e. The van der Waals surface area contributed by atoms with Gasteiger partial charge in [0, 0.05) is 16.9 Å². The van der Waals surface area contributed by atoms with Gasteiger partial charge in [-0.05, 0) is 32.2 Å². The molecule has 0 saturated heterocycles. The van der Waals surface area contributed by atoms with E-state index in [9.17, 15) is 0 Å². The third kappa shape index (κ3) is 4.18. The zero-order valence-electron chi connectivity index (χ0n) is 10.5. The van der Waals surface area contributed by atoms with E-state index in [1.54, 1.807) is 6.07 Å². The molecule has 19 heavy (non-hydrogen) atoms. The predicted octanol–water partition coefficient (Wildman–Crippen LogP) is 3.72. The second kappa shape index (κ2) is 7.24. The maximum atomic E-state index is 6.14. The molecular weight excluding hydrogens is 353 g/mol. The molecule has 0 aliphatic heterocycles. The molecule has 1 unspecified atom stereocenters. The van der Waals surface area contributed by atoms with Crippen molar-refractivity contribution in [3.05, 3.63) is 33.5 Å². The molecular formula is C12H14BrCl2N3O. The zero-order chi connectivity index (χ0) is 13.1. The normalized spacial score (nSPS) is 12.0. The second-order valence-corrected chi connectivity index (χ2v) is 5.36. The topological polar surface area (TPSA) is 51.0 Å². The van der Waals surface area contributed by atoms with Crippen molar-refractivity contribution in [1.29, 1.82) is 0 Å². The molecule has 1 N–H and O–H groups in total. The Kier molecular flexibility index (Phi) is 6.26. The molecule has 1 atom stereocenters. The summed E-state index contributed by atoms with van der Waals surface area (Å²) < 4.78 is 6.14. The van der Waals surface area contributed by atoms with Crippen LogP contribution in [0.4, 0.5) is 0 Å². The molecule has 0 aliphatic carbocycles. The number of aromatic nitrogens is 2. The number of benzene rings is 1. The van der Waals surface area contributed by atoms with Crippen LogP contribution in [0.5, 0.6) is 0 Å². The summed E-state index contributed by atoms with van der Waals surface area (Å²) >= 11 is 9.49. The van der Waals surface area contributed by atoms with Crippen LogP contribution in [-0.2, 0) is 6.42 Å². The minimum absolute atomic E-state index is 0. The molecule has 2 aromatic rings. The van der Waals surface area contributed by atoms with Gasteiger partial charge in [-0.25, -0.2) is 0 Å². The summed E-state index contributed by atoms with van der Waals surface area (Å²) in [6, 6.07) is 5.85. The highest BCUT2D eigenvalue weighted by molar-refractivity contribution is 9.10. The summed E-state index contributed by atoms with van der Waals surface area (Å²) in [5.41, 5.74) is 0.746. The lowest BCUT2D eigenvalue weighted by Crippen LogP contribution is -2.24. The van der Waals surface area contributed by atoms with Crippen LogP contribution in [0, 0.1) is 0 Å². The van der Waals surface area contributed by atoms with Gasteiger partial charge in [-0.15, -0.1) is 12.4 Å². The Morgan fingerprint density at radius 1 is 1.47 bits per heavy atom. The van der Waals surface area contributed by atoms with Gasteiger partial charge in [-0.1, -0.05) is 32.7 Å². The molecule has 0 fully saturated rings. The van der Waals surface area contributed by atoms with E-state index in [-0.39, 0.29) is 12.4 Å². The van der Waals surface area contributed by atoms with E-state index < -0.39 is 0 Å². The van der Waals surface area contributed by atoms with Crippen molar-refractivity contribution >= 4 is 39.9 Å². The Balaban J connectivity index is 0.00000180. The lowest BCUT2D eigenvalue weighted by molar-refractivity contribution is 0.418. The largest absolute Gasteiger partial charge is 0.334 e. The number of nitrogens with zero attached hydrogens (tertiary/aromatic N) is 2. The summed E-state index contributed by atoms with van der Waals surface area (Å²) in [6.07, 6.45) is 0.716. The molecule has 1 aromatic carbocycles. The van der Waals surface area contributed by atoms with Gasteiger partial charge in [0.25, 0.3) is 5.89 Å². The van der Waals surface area contributed by atoms with E-state index in [2.05, 4.69) is 38.3 Å². The van der Waals surface area contributed by atoms with Gasteiger partial charge in [0.1, 0.15) is 0 Å². The Morgan fingerprint density at radius 3 is 2.84 bits per heavy atom. The average molecular weight is 367 g/mol. The van der Waals surface area contributed by atoms with Crippen LogP contribution in [-0.4, -0.2) is 23.2 Å². The van der Waals surface area contributed by atoms with Gasteiger partial charge in [-0.2, -0.15) is 4.98 Å². The minimum Gasteiger partial charge on any atom is -0.334 e. The first-order chi connectivity index (χ1) is 8.60. The molecule has 104 valence electrons. The third-order valence-corrected chi connectivity index (χ3v) is 3.42. The monoisotopic (exact) mass is 365 g/mol. The molecule has 1 aromatic heterocycles. The summed E-state index contributed by atoms with van der Waals surface area (Å²) in [4.78, 5) is 4.34. The molecule has 0 amide bonds. The maximum absolute atomic E-state index is 6.14. The molecule has 2 rings (SSSR count). The SMILES string of the molecule is CNC(C)Cc1noc(-c2ccc(Br)cc2Cl)n1.Cl. The van der Waals surface area contributed by atoms with Gasteiger partial charge in [-0.3, -0.25) is 0 Å². The molecule has 0 saturated carbocycles. The van der Waals surface area contributed by atoms with Crippen molar-refractivity contribution in [3.63, 3.8) is 0 Å². The molecule has 0 aliphatic rings. The number of hydrogen-bond donors (Lipinski definition) is 1. The van der Waals surface area contributed by atoms with E-state index in [0.29, 0.717) is 29.2 Å². The van der Waals surface area contributed by atoms with Crippen LogP contribution in [0.25, 0.3) is 11.5 Å². The fourth-order valence-corrected chi connectivity index (χ4v) is 2.24. The molecule has 7 heteroatoms. The van der Waals surface area contributed by atoms with Crippen molar-refractivity contribution < 1.29 is 4.52 Å². The van der Waals surface area contributed by atoms with E-state index in [0.717, 1.165) is 10.0 Å². The highest BCUT2D eigenvalue weighted by atomic mass is 79.9. The molecule has 0 bridgehead atoms. The second-order valence-electron chi connectivity index (χ2n) is 4.03. The van der Waals surface area contributed by atoms with Gasteiger partial charge in [0.05, 0.1) is 10.6 Å². The van der Waals surface area contributed by atoms with E-state index in [1.165, 1.54) is 0 Å². The first-order valence-electron chi connectivity index (χ1n) is 5.55. The molecule has 1 heterocycles. The van der Waals surface area contributed by atoms with Gasteiger partial charge < -0.3 is 9.84 Å². The van der Waals surface area contributed by atoms with Gasteiger partial charge >= 0.3 is 0 Å². The summed E-state index contributed by atoms with van der Waals surface area (Å²) in [5, 5.41) is 7.66. The fourth-order valence-electron chi connectivity index (χ4n) is 1.49. The Morgan fingerprint density at radius 2 is 2.21 bits per heavy atom. The average Bonchev–Trinajstić information content (AvgIpc) is 2.77. The zero-order valence-corrected chi connectivity index (χ0v) is 13.6. The van der Waals surface area contributed by atoms with Crippen LogP contribution >= 0.6 is 39.9 Å². The molecule has 0 radical (unpaired) electrons. The number of hydrogen-bond acceptors (Lipinski definition) is 4. The van der Waals surface area contributed by atoms with E-state index in [1.807, 2.05) is 19.2 Å². The van der Waals surface area contributed by atoms with E-state index >= 15 is 0 Å².